The summed E-state index contributed by atoms with van der Waals surface area (Å²) in [5.74, 6) is 2.02. The second-order valence-corrected chi connectivity index (χ2v) is 7.32. The molecule has 2 heterocycles. The van der Waals surface area contributed by atoms with E-state index < -0.39 is 0 Å². The molecule has 2 aromatic carbocycles. The van der Waals surface area contributed by atoms with Gasteiger partial charge in [-0.2, -0.15) is 0 Å². The maximum absolute atomic E-state index is 12.8. The van der Waals surface area contributed by atoms with Gasteiger partial charge in [0.2, 0.25) is 11.8 Å². The first-order chi connectivity index (χ1) is 15.1. The topological polar surface area (TPSA) is 94.5 Å². The van der Waals surface area contributed by atoms with E-state index in [0.717, 1.165) is 23.3 Å². The number of nitrogens with one attached hydrogen (secondary N) is 2. The molecule has 2 amide bonds. The van der Waals surface area contributed by atoms with E-state index in [9.17, 15) is 9.59 Å². The first kappa shape index (κ1) is 20.7. The fourth-order valence-electron chi connectivity index (χ4n) is 3.56. The van der Waals surface area contributed by atoms with Crippen molar-refractivity contribution >= 4 is 28.5 Å². The molecule has 0 unspecified atom stereocenters. The Morgan fingerprint density at radius 2 is 1.87 bits per heavy atom. The van der Waals surface area contributed by atoms with Gasteiger partial charge in [0.05, 0.1) is 11.0 Å². The summed E-state index contributed by atoms with van der Waals surface area (Å²) < 4.78 is 13.0. The summed E-state index contributed by atoms with van der Waals surface area (Å²) in [6.45, 7) is 3.57. The van der Waals surface area contributed by atoms with Crippen LogP contribution in [0.15, 0.2) is 42.5 Å². The molecule has 0 aliphatic carbocycles. The van der Waals surface area contributed by atoms with E-state index >= 15 is 0 Å². The second-order valence-electron chi connectivity index (χ2n) is 7.32. The molecule has 3 aromatic rings. The van der Waals surface area contributed by atoms with Crippen molar-refractivity contribution in [3.8, 4) is 11.5 Å². The number of hydrogen-bond donors (Lipinski definition) is 2. The van der Waals surface area contributed by atoms with Crippen molar-refractivity contribution in [2.24, 2.45) is 0 Å². The molecular weight excluding hydrogens is 396 g/mol. The largest absolute Gasteiger partial charge is 0.486 e. The average molecular weight is 422 g/mol. The minimum Gasteiger partial charge on any atom is -0.486 e. The van der Waals surface area contributed by atoms with Crippen LogP contribution in [-0.4, -0.2) is 41.1 Å². The van der Waals surface area contributed by atoms with E-state index in [0.29, 0.717) is 49.8 Å². The van der Waals surface area contributed by atoms with E-state index in [-0.39, 0.29) is 18.4 Å². The lowest BCUT2D eigenvalue weighted by Crippen LogP contribution is -2.24. The van der Waals surface area contributed by atoms with Gasteiger partial charge in [-0.3, -0.25) is 9.59 Å². The predicted molar refractivity (Wildman–Crippen MR) is 117 cm³/mol. The Labute approximate surface area is 180 Å². The van der Waals surface area contributed by atoms with Crippen molar-refractivity contribution < 1.29 is 19.1 Å². The van der Waals surface area contributed by atoms with Crippen LogP contribution in [0.3, 0.4) is 0 Å². The predicted octanol–water partition coefficient (Wildman–Crippen LogP) is 2.91. The number of rotatable bonds is 8. The SMILES string of the molecule is CCC(=O)NCCCc1nc2ccccc2n1CC(=O)Nc1ccc2c(c1)OCCO2. The summed E-state index contributed by atoms with van der Waals surface area (Å²) in [6.07, 6.45) is 1.88. The minimum absolute atomic E-state index is 0.0345. The number of carbonyl (C=O) groups is 2. The standard InChI is InChI=1S/C23H26N4O4/c1-2-22(28)24-11-5-8-21-26-17-6-3-4-7-18(17)27(21)15-23(29)25-16-9-10-19-20(14-16)31-13-12-30-19/h3-4,6-7,9-10,14H,2,5,8,11-13,15H2,1H3,(H,24,28)(H,25,29). The van der Waals surface area contributed by atoms with Crippen molar-refractivity contribution in [1.82, 2.24) is 14.9 Å². The molecule has 4 rings (SSSR count). The van der Waals surface area contributed by atoms with Gasteiger partial charge in [-0.1, -0.05) is 19.1 Å². The fourth-order valence-corrected chi connectivity index (χ4v) is 3.56. The van der Waals surface area contributed by atoms with Crippen molar-refractivity contribution in [2.75, 3.05) is 25.1 Å². The first-order valence-corrected chi connectivity index (χ1v) is 10.5. The zero-order chi connectivity index (χ0) is 21.6. The number of hydrogen-bond acceptors (Lipinski definition) is 5. The lowest BCUT2D eigenvalue weighted by molar-refractivity contribution is -0.120. The Morgan fingerprint density at radius 3 is 2.71 bits per heavy atom. The number of benzene rings is 2. The van der Waals surface area contributed by atoms with Crippen LogP contribution < -0.4 is 20.1 Å². The number of nitrogens with zero attached hydrogens (tertiary/aromatic N) is 2. The summed E-state index contributed by atoms with van der Waals surface area (Å²) in [7, 11) is 0. The van der Waals surface area contributed by atoms with Crippen LogP contribution in [-0.2, 0) is 22.6 Å². The molecule has 8 nitrogen and oxygen atoms in total. The van der Waals surface area contributed by atoms with Crippen LogP contribution in [0.4, 0.5) is 5.69 Å². The number of aryl methyl sites for hydroxylation is 1. The number of ether oxygens (including phenoxy) is 2. The lowest BCUT2D eigenvalue weighted by atomic mass is 10.2. The van der Waals surface area contributed by atoms with Crippen LogP contribution in [0.1, 0.15) is 25.6 Å². The summed E-state index contributed by atoms with van der Waals surface area (Å²) in [4.78, 5) is 29.0. The third-order valence-corrected chi connectivity index (χ3v) is 5.08. The van der Waals surface area contributed by atoms with Gasteiger partial charge >= 0.3 is 0 Å². The van der Waals surface area contributed by atoms with Gasteiger partial charge in [-0.05, 0) is 30.7 Å². The highest BCUT2D eigenvalue weighted by molar-refractivity contribution is 5.92. The van der Waals surface area contributed by atoms with E-state index in [1.807, 2.05) is 35.8 Å². The molecule has 0 bridgehead atoms. The van der Waals surface area contributed by atoms with Gasteiger partial charge in [-0.15, -0.1) is 0 Å². The molecule has 31 heavy (non-hydrogen) atoms. The smallest absolute Gasteiger partial charge is 0.244 e. The van der Waals surface area contributed by atoms with Gasteiger partial charge in [0.25, 0.3) is 0 Å². The summed E-state index contributed by atoms with van der Waals surface area (Å²) >= 11 is 0. The molecule has 0 spiro atoms. The molecule has 0 atom stereocenters. The average Bonchev–Trinajstić information content (AvgIpc) is 3.13. The Balaban J connectivity index is 1.46. The Bertz CT molecular complexity index is 1090. The number of anilines is 1. The zero-order valence-electron chi connectivity index (χ0n) is 17.5. The fraction of sp³-hybridized carbons (Fsp3) is 0.348. The van der Waals surface area contributed by atoms with Crippen LogP contribution in [0.5, 0.6) is 11.5 Å². The maximum Gasteiger partial charge on any atom is 0.244 e. The molecule has 0 radical (unpaired) electrons. The number of para-hydroxylation sites is 2. The van der Waals surface area contributed by atoms with Gasteiger partial charge in [0.15, 0.2) is 11.5 Å². The van der Waals surface area contributed by atoms with Gasteiger partial charge in [-0.25, -0.2) is 4.98 Å². The van der Waals surface area contributed by atoms with Crippen LogP contribution >= 0.6 is 0 Å². The highest BCUT2D eigenvalue weighted by atomic mass is 16.6. The molecule has 2 N–H and O–H groups in total. The third-order valence-electron chi connectivity index (χ3n) is 5.08. The maximum atomic E-state index is 12.8. The molecular formula is C23H26N4O4. The van der Waals surface area contributed by atoms with Crippen molar-refractivity contribution in [2.45, 2.75) is 32.7 Å². The molecule has 1 aromatic heterocycles. The van der Waals surface area contributed by atoms with Gasteiger partial charge < -0.3 is 24.7 Å². The van der Waals surface area contributed by atoms with Crippen molar-refractivity contribution in [3.05, 3.63) is 48.3 Å². The van der Waals surface area contributed by atoms with E-state index in [2.05, 4.69) is 10.6 Å². The number of amides is 2. The van der Waals surface area contributed by atoms with Crippen LogP contribution in [0.2, 0.25) is 0 Å². The number of carbonyl (C=O) groups excluding carboxylic acids is 2. The quantitative estimate of drug-likeness (QED) is 0.545. The number of imidazole rings is 1. The Hall–Kier alpha value is -3.55. The number of aromatic nitrogens is 2. The second kappa shape index (κ2) is 9.51. The summed E-state index contributed by atoms with van der Waals surface area (Å²) in [6, 6.07) is 13.1. The van der Waals surface area contributed by atoms with Crippen LogP contribution in [0, 0.1) is 0 Å². The monoisotopic (exact) mass is 422 g/mol. The molecule has 0 fully saturated rings. The van der Waals surface area contributed by atoms with Crippen molar-refractivity contribution in [3.63, 3.8) is 0 Å². The Morgan fingerprint density at radius 1 is 1.06 bits per heavy atom. The highest BCUT2D eigenvalue weighted by Crippen LogP contribution is 2.32. The third kappa shape index (κ3) is 4.96. The first-order valence-electron chi connectivity index (χ1n) is 10.5. The van der Waals surface area contributed by atoms with Crippen LogP contribution in [0.25, 0.3) is 11.0 Å². The van der Waals surface area contributed by atoms with E-state index in [4.69, 9.17) is 14.5 Å². The summed E-state index contributed by atoms with van der Waals surface area (Å²) in [5.41, 5.74) is 2.41. The zero-order valence-corrected chi connectivity index (χ0v) is 17.5. The Kier molecular flexibility index (Phi) is 6.35. The van der Waals surface area contributed by atoms with Gasteiger partial charge in [0.1, 0.15) is 25.6 Å². The summed E-state index contributed by atoms with van der Waals surface area (Å²) in [5, 5.41) is 5.81. The highest BCUT2D eigenvalue weighted by Gasteiger charge is 2.16. The normalized spacial score (nSPS) is 12.5. The molecule has 0 saturated carbocycles. The lowest BCUT2D eigenvalue weighted by Gasteiger charge is -2.19. The molecule has 1 aliphatic rings. The van der Waals surface area contributed by atoms with E-state index in [1.165, 1.54) is 0 Å². The van der Waals surface area contributed by atoms with E-state index in [1.54, 1.807) is 18.2 Å². The minimum atomic E-state index is -0.152. The molecule has 1 aliphatic heterocycles. The van der Waals surface area contributed by atoms with Gasteiger partial charge in [0, 0.05) is 31.1 Å². The molecule has 162 valence electrons. The number of fused-ring (bicyclic) bond motifs is 2. The van der Waals surface area contributed by atoms with Crippen molar-refractivity contribution in [1.29, 1.82) is 0 Å². The molecule has 8 heteroatoms. The molecule has 0 saturated heterocycles.